The number of aromatic nitrogens is 1. The van der Waals surface area contributed by atoms with Gasteiger partial charge >= 0.3 is 6.18 Å². The van der Waals surface area contributed by atoms with Gasteiger partial charge in [0.15, 0.2) is 0 Å². The zero-order valence-corrected chi connectivity index (χ0v) is 11.3. The molecule has 1 aromatic heterocycles. The number of nitrogens with zero attached hydrogens (tertiary/aromatic N) is 1. The summed E-state index contributed by atoms with van der Waals surface area (Å²) in [6, 6.07) is 9.00. The molecule has 3 rings (SSSR count). The normalized spacial score (nSPS) is 17.3. The number of rotatable bonds is 2. The molecule has 0 aliphatic heterocycles. The lowest BCUT2D eigenvalue weighted by molar-refractivity contribution is -0.137. The largest absolute Gasteiger partial charge is 0.416 e. The fourth-order valence-corrected chi connectivity index (χ4v) is 3.00. The zero-order chi connectivity index (χ0) is 15.1. The van der Waals surface area contributed by atoms with Gasteiger partial charge in [0.25, 0.3) is 0 Å². The Bertz CT molecular complexity index is 661. The van der Waals surface area contributed by atoms with Crippen LogP contribution in [-0.4, -0.2) is 4.98 Å². The summed E-state index contributed by atoms with van der Waals surface area (Å²) in [5.41, 5.74) is 6.76. The molecule has 110 valence electrons. The fourth-order valence-electron chi connectivity index (χ4n) is 3.00. The summed E-state index contributed by atoms with van der Waals surface area (Å²) in [6.07, 6.45) is -0.187. The van der Waals surface area contributed by atoms with E-state index in [4.69, 9.17) is 5.73 Å². The van der Waals surface area contributed by atoms with Crippen molar-refractivity contribution in [2.45, 2.75) is 30.9 Å². The molecule has 1 heterocycles. The minimum absolute atomic E-state index is 0.480. The Labute approximate surface area is 120 Å². The molecule has 1 aliphatic rings. The summed E-state index contributed by atoms with van der Waals surface area (Å²) in [7, 11) is 0. The Hall–Kier alpha value is -2.04. The lowest BCUT2D eigenvalue weighted by Gasteiger charge is -2.42. The van der Waals surface area contributed by atoms with Crippen LogP contribution in [0.4, 0.5) is 18.9 Å². The number of pyridine rings is 1. The summed E-state index contributed by atoms with van der Waals surface area (Å²) in [5.74, 6) is 0. The van der Waals surface area contributed by atoms with E-state index in [1.807, 2.05) is 0 Å². The molecule has 0 spiro atoms. The number of hydrogen-bond acceptors (Lipinski definition) is 2. The lowest BCUT2D eigenvalue weighted by atomic mass is 9.62. The molecule has 1 aliphatic carbocycles. The third kappa shape index (κ3) is 2.26. The second kappa shape index (κ2) is 4.76. The quantitative estimate of drug-likeness (QED) is 0.903. The Morgan fingerprint density at radius 2 is 1.86 bits per heavy atom. The predicted molar refractivity (Wildman–Crippen MR) is 74.7 cm³/mol. The molecule has 2 nitrogen and oxygen atoms in total. The average Bonchev–Trinajstić information content (AvgIpc) is 2.39. The Morgan fingerprint density at radius 1 is 1.10 bits per heavy atom. The summed E-state index contributed by atoms with van der Waals surface area (Å²) < 4.78 is 38.8. The van der Waals surface area contributed by atoms with Crippen LogP contribution in [0.3, 0.4) is 0 Å². The minimum Gasteiger partial charge on any atom is -0.397 e. The third-order valence-electron chi connectivity index (χ3n) is 4.24. The van der Waals surface area contributed by atoms with Crippen molar-refractivity contribution in [2.24, 2.45) is 0 Å². The van der Waals surface area contributed by atoms with Gasteiger partial charge in [-0.3, -0.25) is 4.98 Å². The van der Waals surface area contributed by atoms with E-state index in [1.165, 1.54) is 12.1 Å². The van der Waals surface area contributed by atoms with Crippen molar-refractivity contribution in [2.75, 3.05) is 5.73 Å². The van der Waals surface area contributed by atoms with Crippen molar-refractivity contribution < 1.29 is 13.2 Å². The van der Waals surface area contributed by atoms with Crippen molar-refractivity contribution >= 4 is 5.69 Å². The number of halogens is 3. The molecule has 1 saturated carbocycles. The second-order valence-corrected chi connectivity index (χ2v) is 5.46. The number of nitrogen functional groups attached to an aromatic ring is 1. The summed E-state index contributed by atoms with van der Waals surface area (Å²) in [5, 5.41) is 0. The molecular weight excluding hydrogens is 277 g/mol. The van der Waals surface area contributed by atoms with Crippen molar-refractivity contribution in [3.05, 3.63) is 59.4 Å². The van der Waals surface area contributed by atoms with Gasteiger partial charge in [0.1, 0.15) is 0 Å². The highest BCUT2D eigenvalue weighted by Crippen LogP contribution is 2.50. The van der Waals surface area contributed by atoms with Gasteiger partial charge in [-0.1, -0.05) is 24.6 Å². The van der Waals surface area contributed by atoms with Gasteiger partial charge in [-0.15, -0.1) is 0 Å². The van der Waals surface area contributed by atoms with Crippen molar-refractivity contribution in [1.82, 2.24) is 4.98 Å². The van der Waals surface area contributed by atoms with Gasteiger partial charge in [-0.2, -0.15) is 13.2 Å². The van der Waals surface area contributed by atoms with Crippen molar-refractivity contribution in [3.63, 3.8) is 0 Å². The van der Waals surface area contributed by atoms with Crippen molar-refractivity contribution in [1.29, 1.82) is 0 Å². The smallest absolute Gasteiger partial charge is 0.397 e. The van der Waals surface area contributed by atoms with E-state index >= 15 is 0 Å². The first-order chi connectivity index (χ1) is 9.93. The molecule has 5 heteroatoms. The maximum Gasteiger partial charge on any atom is 0.416 e. The van der Waals surface area contributed by atoms with Crippen LogP contribution in [0.15, 0.2) is 42.6 Å². The number of nitrogens with two attached hydrogens (primary N) is 1. The summed E-state index contributed by atoms with van der Waals surface area (Å²) in [4.78, 5) is 4.33. The van der Waals surface area contributed by atoms with E-state index in [0.29, 0.717) is 16.9 Å². The van der Waals surface area contributed by atoms with Crippen molar-refractivity contribution in [3.8, 4) is 0 Å². The van der Waals surface area contributed by atoms with Gasteiger partial charge in [0.05, 0.1) is 16.9 Å². The molecule has 1 fully saturated rings. The molecular formula is C16H15F3N2. The SMILES string of the molecule is Nc1cccnc1C1(c2cccc(C(F)(F)F)c2)CCC1. The molecule has 2 N–H and O–H groups in total. The Morgan fingerprint density at radius 3 is 2.43 bits per heavy atom. The van der Waals surface area contributed by atoms with E-state index in [1.54, 1.807) is 24.4 Å². The topological polar surface area (TPSA) is 38.9 Å². The highest BCUT2D eigenvalue weighted by atomic mass is 19.4. The van der Waals surface area contributed by atoms with Crippen LogP contribution in [0.25, 0.3) is 0 Å². The van der Waals surface area contributed by atoms with Crippen LogP contribution in [0.2, 0.25) is 0 Å². The summed E-state index contributed by atoms with van der Waals surface area (Å²) >= 11 is 0. The summed E-state index contributed by atoms with van der Waals surface area (Å²) in [6.45, 7) is 0. The monoisotopic (exact) mass is 292 g/mol. The van der Waals surface area contributed by atoms with Gasteiger partial charge in [-0.25, -0.2) is 0 Å². The first-order valence-corrected chi connectivity index (χ1v) is 6.82. The van der Waals surface area contributed by atoms with E-state index in [2.05, 4.69) is 4.98 Å². The van der Waals surface area contributed by atoms with E-state index in [0.717, 1.165) is 25.3 Å². The van der Waals surface area contributed by atoms with E-state index < -0.39 is 17.2 Å². The predicted octanol–water partition coefficient (Wildman–Crippen LogP) is 4.15. The fraction of sp³-hybridized carbons (Fsp3) is 0.312. The third-order valence-corrected chi connectivity index (χ3v) is 4.24. The highest BCUT2D eigenvalue weighted by molar-refractivity contribution is 5.53. The van der Waals surface area contributed by atoms with E-state index in [9.17, 15) is 13.2 Å². The van der Waals surface area contributed by atoms with E-state index in [-0.39, 0.29) is 0 Å². The second-order valence-electron chi connectivity index (χ2n) is 5.46. The molecule has 0 unspecified atom stereocenters. The number of hydrogen-bond donors (Lipinski definition) is 1. The number of benzene rings is 1. The van der Waals surface area contributed by atoms with Crippen LogP contribution < -0.4 is 5.73 Å². The van der Waals surface area contributed by atoms with Crippen LogP contribution in [0.1, 0.15) is 36.1 Å². The van der Waals surface area contributed by atoms with Crippen LogP contribution >= 0.6 is 0 Å². The van der Waals surface area contributed by atoms with Gasteiger partial charge in [0.2, 0.25) is 0 Å². The molecule has 0 bridgehead atoms. The molecule has 0 atom stereocenters. The molecule has 1 aromatic carbocycles. The maximum atomic E-state index is 12.9. The van der Waals surface area contributed by atoms with Crippen LogP contribution in [-0.2, 0) is 11.6 Å². The molecule has 2 aromatic rings. The highest BCUT2D eigenvalue weighted by Gasteiger charge is 2.44. The van der Waals surface area contributed by atoms with Gasteiger partial charge in [-0.05, 0) is 36.6 Å². The maximum absolute atomic E-state index is 12.9. The van der Waals surface area contributed by atoms with Gasteiger partial charge < -0.3 is 5.73 Å². The van der Waals surface area contributed by atoms with Gasteiger partial charge in [0, 0.05) is 11.6 Å². The Balaban J connectivity index is 2.11. The average molecular weight is 292 g/mol. The van der Waals surface area contributed by atoms with Crippen LogP contribution in [0.5, 0.6) is 0 Å². The first kappa shape index (κ1) is 13.9. The Kier molecular flexibility index (Phi) is 3.15. The molecule has 0 radical (unpaired) electrons. The number of alkyl halides is 3. The standard InChI is InChI=1S/C16H15F3N2/c17-16(18,19)12-5-1-4-11(10-12)15(7-3-8-15)14-13(20)6-2-9-21-14/h1-2,4-6,9-10H,3,7-8,20H2. The zero-order valence-electron chi connectivity index (χ0n) is 11.3. The molecule has 0 saturated heterocycles. The lowest BCUT2D eigenvalue weighted by Crippen LogP contribution is -2.37. The number of anilines is 1. The molecule has 0 amide bonds. The van der Waals surface area contributed by atoms with Crippen LogP contribution in [0, 0.1) is 0 Å². The molecule has 21 heavy (non-hydrogen) atoms. The minimum atomic E-state index is -4.34. The first-order valence-electron chi connectivity index (χ1n) is 6.82.